The number of alkyl halides is 24. The van der Waals surface area contributed by atoms with Gasteiger partial charge in [0.25, 0.3) is 0 Å². The Hall–Kier alpha value is -3.92. The van der Waals surface area contributed by atoms with Crippen molar-refractivity contribution in [1.29, 1.82) is 0 Å². The molecular formula is C22H10F24O6. The first-order valence-electron chi connectivity index (χ1n) is 11.9. The predicted octanol–water partition coefficient (Wildman–Crippen LogP) is 8.72. The fraction of sp³-hybridized carbons (Fsp3) is 0.636. The zero-order valence-corrected chi connectivity index (χ0v) is 23.3. The van der Waals surface area contributed by atoms with E-state index in [-0.39, 0.29) is 0 Å². The second kappa shape index (κ2) is 13.5. The zero-order chi connectivity index (χ0) is 41.9. The van der Waals surface area contributed by atoms with E-state index in [1.165, 1.54) is 0 Å². The van der Waals surface area contributed by atoms with E-state index in [9.17, 15) is 115 Å². The fourth-order valence-corrected chi connectivity index (χ4v) is 3.20. The van der Waals surface area contributed by atoms with Crippen LogP contribution in [0, 0.1) is 0 Å². The minimum absolute atomic E-state index is 0.685. The summed E-state index contributed by atoms with van der Waals surface area (Å²) < 4.78 is 329. The molecule has 0 heterocycles. The van der Waals surface area contributed by atoms with Gasteiger partial charge in [-0.25, -0.2) is 27.2 Å². The van der Waals surface area contributed by atoms with Crippen molar-refractivity contribution >= 4 is 11.9 Å². The van der Waals surface area contributed by atoms with Crippen molar-refractivity contribution < 1.29 is 135 Å². The highest BCUT2D eigenvalue weighted by Crippen LogP contribution is 2.60. The lowest BCUT2D eigenvalue weighted by molar-refractivity contribution is -0.414. The Morgan fingerprint density at radius 1 is 0.462 bits per heavy atom. The molecule has 0 amide bonds. The molecule has 0 bridgehead atoms. The van der Waals surface area contributed by atoms with Crippen LogP contribution in [0.4, 0.5) is 105 Å². The monoisotopic (exact) mass is 826 g/mol. The highest BCUT2D eigenvalue weighted by atomic mass is 19.4. The van der Waals surface area contributed by atoms with Crippen LogP contribution in [0.5, 0.6) is 11.5 Å². The lowest BCUT2D eigenvalue weighted by atomic mass is 9.94. The Labute approximate surface area is 267 Å². The smallest absolute Gasteiger partial charge is 0.384 e. The van der Waals surface area contributed by atoms with E-state index in [2.05, 4.69) is 9.47 Å². The van der Waals surface area contributed by atoms with Crippen LogP contribution < -0.4 is 9.47 Å². The van der Waals surface area contributed by atoms with Crippen LogP contribution in [-0.2, 0) is 0 Å². The number of halogens is 24. The van der Waals surface area contributed by atoms with E-state index in [0.717, 1.165) is 0 Å². The van der Waals surface area contributed by atoms with Gasteiger partial charge >= 0.3 is 84.0 Å². The summed E-state index contributed by atoms with van der Waals surface area (Å²) in [5.74, 6) is -87.9. The van der Waals surface area contributed by atoms with Gasteiger partial charge < -0.3 is 19.7 Å². The molecule has 0 aliphatic rings. The molecule has 52 heavy (non-hydrogen) atoms. The first-order chi connectivity index (χ1) is 22.7. The minimum atomic E-state index is -8.23. The third kappa shape index (κ3) is 6.95. The van der Waals surface area contributed by atoms with Crippen LogP contribution in [0.3, 0.4) is 0 Å². The maximum atomic E-state index is 14.2. The Morgan fingerprint density at radius 2 is 0.692 bits per heavy atom. The molecule has 2 N–H and O–H groups in total. The normalized spacial score (nSPS) is 15.0. The van der Waals surface area contributed by atoms with E-state index < -0.39 is 132 Å². The number of benzene rings is 1. The maximum absolute atomic E-state index is 14.2. The van der Waals surface area contributed by atoms with Gasteiger partial charge in [-0.05, 0) is 12.1 Å². The summed E-state index contributed by atoms with van der Waals surface area (Å²) >= 11 is 0. The van der Waals surface area contributed by atoms with Gasteiger partial charge in [0.05, 0.1) is 11.1 Å². The van der Waals surface area contributed by atoms with Gasteiger partial charge in [0, 0.05) is 0 Å². The number of rotatable bonds is 18. The van der Waals surface area contributed by atoms with E-state index in [1.54, 1.807) is 0 Å². The van der Waals surface area contributed by atoms with Gasteiger partial charge in [-0.3, -0.25) is 0 Å². The van der Waals surface area contributed by atoms with Crippen molar-refractivity contribution in [3.63, 3.8) is 0 Å². The molecule has 0 spiro atoms. The van der Waals surface area contributed by atoms with Crippen LogP contribution in [0.2, 0.25) is 0 Å². The number of carboxylic acid groups (broad SMARTS) is 2. The Morgan fingerprint density at radius 3 is 0.885 bits per heavy atom. The average Bonchev–Trinajstić information content (AvgIpc) is 2.97. The largest absolute Gasteiger partial charge is 0.483 e. The van der Waals surface area contributed by atoms with Crippen LogP contribution in [0.15, 0.2) is 12.1 Å². The number of aromatic carboxylic acids is 2. The third-order valence-corrected chi connectivity index (χ3v) is 6.24. The molecule has 0 unspecified atom stereocenters. The molecule has 1 rings (SSSR count). The van der Waals surface area contributed by atoms with Crippen LogP contribution in [0.1, 0.15) is 20.7 Å². The van der Waals surface area contributed by atoms with Gasteiger partial charge in [0.2, 0.25) is 0 Å². The Bertz CT molecular complexity index is 1380. The molecule has 0 aliphatic carbocycles. The van der Waals surface area contributed by atoms with Crippen LogP contribution in [-0.4, -0.2) is 107 Å². The quantitative estimate of drug-likeness (QED) is 0.144. The van der Waals surface area contributed by atoms with Gasteiger partial charge in [-0.2, -0.15) is 87.8 Å². The maximum Gasteiger partial charge on any atom is 0.384 e. The van der Waals surface area contributed by atoms with Crippen LogP contribution >= 0.6 is 0 Å². The van der Waals surface area contributed by atoms with Gasteiger partial charge in [0.15, 0.2) is 24.7 Å². The van der Waals surface area contributed by atoms with E-state index >= 15 is 0 Å². The van der Waals surface area contributed by atoms with Crippen LogP contribution in [0.25, 0.3) is 0 Å². The summed E-state index contributed by atoms with van der Waals surface area (Å²) in [6.07, 6.45) is -11.9. The second-order valence-corrected chi connectivity index (χ2v) is 9.73. The molecule has 0 aromatic heterocycles. The first kappa shape index (κ1) is 46.1. The summed E-state index contributed by atoms with van der Waals surface area (Å²) in [6, 6.07) is -1.37. The number of hydrogen-bond donors (Lipinski definition) is 2. The first-order valence-corrected chi connectivity index (χ1v) is 11.9. The van der Waals surface area contributed by atoms with Gasteiger partial charge in [-0.15, -0.1) is 0 Å². The van der Waals surface area contributed by atoms with E-state index in [0.29, 0.717) is 0 Å². The molecule has 0 atom stereocenters. The average molecular weight is 826 g/mol. The number of ether oxygens (including phenoxy) is 2. The molecule has 1 aromatic rings. The molecule has 0 saturated heterocycles. The number of hydrogen-bond acceptors (Lipinski definition) is 4. The standard InChI is InChI=1S/C22H10F24O6/c23-11(24)15(31,32)19(39,40)21(43,44)17(35,36)13(27,28)3-51-7-1-5(9(47)48)6(10(49)50)2-8(7)52-4-14(29,30)18(37,38)22(45,46)20(41,42)16(33,34)12(25)26/h1-2,11-12H,3-4H2,(H,47,48)(H,49,50). The molecule has 0 saturated carbocycles. The SMILES string of the molecule is O=C(O)c1cc(OCC(F)(F)C(F)(F)C(F)(F)C(F)(F)C(F)(F)C(F)F)c(OCC(F)(F)C(F)(F)C(F)(F)C(F)(F)C(F)(F)C(F)F)cc1C(=O)O. The highest BCUT2D eigenvalue weighted by Gasteiger charge is 2.89. The third-order valence-electron chi connectivity index (χ3n) is 6.24. The molecule has 0 aliphatic heterocycles. The van der Waals surface area contributed by atoms with Gasteiger partial charge in [-0.1, -0.05) is 0 Å². The molecule has 0 radical (unpaired) electrons. The molecule has 302 valence electrons. The summed E-state index contributed by atoms with van der Waals surface area (Å²) in [5, 5.41) is 18.0. The molecule has 6 nitrogen and oxygen atoms in total. The Balaban J connectivity index is 3.78. The van der Waals surface area contributed by atoms with Crippen molar-refractivity contribution in [2.75, 3.05) is 13.2 Å². The number of carbonyl (C=O) groups is 2. The zero-order valence-electron chi connectivity index (χ0n) is 23.3. The van der Waals surface area contributed by atoms with Crippen molar-refractivity contribution in [3.8, 4) is 11.5 Å². The molecule has 1 aromatic carbocycles. The molecular weight excluding hydrogens is 816 g/mol. The topological polar surface area (TPSA) is 93.1 Å². The fourth-order valence-electron chi connectivity index (χ4n) is 3.20. The minimum Gasteiger partial charge on any atom is -0.483 e. The van der Waals surface area contributed by atoms with E-state index in [1.807, 2.05) is 0 Å². The van der Waals surface area contributed by atoms with Crippen molar-refractivity contribution in [1.82, 2.24) is 0 Å². The van der Waals surface area contributed by atoms with Crippen molar-refractivity contribution in [2.24, 2.45) is 0 Å². The van der Waals surface area contributed by atoms with Gasteiger partial charge in [0.1, 0.15) is 0 Å². The summed E-state index contributed by atoms with van der Waals surface area (Å²) in [5.41, 5.74) is -3.84. The lowest BCUT2D eigenvalue weighted by Gasteiger charge is -2.39. The lowest BCUT2D eigenvalue weighted by Crippen LogP contribution is -2.69. The number of carboxylic acids is 2. The highest BCUT2D eigenvalue weighted by molar-refractivity contribution is 6.02. The molecule has 0 fully saturated rings. The second-order valence-electron chi connectivity index (χ2n) is 9.73. The summed E-state index contributed by atoms with van der Waals surface area (Å²) in [6.45, 7) is -7.54. The summed E-state index contributed by atoms with van der Waals surface area (Å²) in [7, 11) is 0. The molecule has 30 heteroatoms. The Kier molecular flexibility index (Phi) is 12.0. The summed E-state index contributed by atoms with van der Waals surface area (Å²) in [4.78, 5) is 22.6. The van der Waals surface area contributed by atoms with Crippen molar-refractivity contribution in [3.05, 3.63) is 23.3 Å². The van der Waals surface area contributed by atoms with Crippen molar-refractivity contribution in [2.45, 2.75) is 72.1 Å². The predicted molar refractivity (Wildman–Crippen MR) is 113 cm³/mol. The van der Waals surface area contributed by atoms with E-state index in [4.69, 9.17) is 10.2 Å².